The first-order valence-corrected chi connectivity index (χ1v) is 13.8. The molecule has 0 aromatic heterocycles. The largest absolute Gasteiger partial charge is 0.465 e. The lowest BCUT2D eigenvalue weighted by molar-refractivity contribution is -0.167. The van der Waals surface area contributed by atoms with E-state index < -0.39 is 47.6 Å². The lowest BCUT2D eigenvalue weighted by Gasteiger charge is -2.38. The van der Waals surface area contributed by atoms with E-state index in [4.69, 9.17) is 10.5 Å². The lowest BCUT2D eigenvalue weighted by atomic mass is 9.68. The highest BCUT2D eigenvalue weighted by Gasteiger charge is 2.52. The molecule has 2 fully saturated rings. The van der Waals surface area contributed by atoms with Gasteiger partial charge in [-0.1, -0.05) is 18.6 Å². The Balaban J connectivity index is 1.64. The van der Waals surface area contributed by atoms with Crippen molar-refractivity contribution in [1.82, 2.24) is 20.4 Å². The van der Waals surface area contributed by atoms with E-state index in [0.717, 1.165) is 13.1 Å². The summed E-state index contributed by atoms with van der Waals surface area (Å²) in [6.45, 7) is 4.90. The predicted molar refractivity (Wildman–Crippen MR) is 147 cm³/mol. The molecule has 0 radical (unpaired) electrons. The zero-order valence-corrected chi connectivity index (χ0v) is 23.2. The molecule has 2 aliphatic rings. The molecule has 222 valence electrons. The highest BCUT2D eigenvalue weighted by molar-refractivity contribution is 6.06. The second kappa shape index (κ2) is 14.4. The Morgan fingerprint density at radius 3 is 2.27 bits per heavy atom. The van der Waals surface area contributed by atoms with Gasteiger partial charge in [0, 0.05) is 38.4 Å². The number of nitrogens with zero attached hydrogens (tertiary/aromatic N) is 2. The first-order chi connectivity index (χ1) is 19.1. The number of likely N-dealkylation sites (N-methyl/N-ethyl adjacent to an activating group) is 1. The molecule has 4 amide bonds. The summed E-state index contributed by atoms with van der Waals surface area (Å²) in [5.74, 6) is -1.66. The number of piperazine rings is 1. The molecule has 1 aliphatic carbocycles. The number of benzene rings is 1. The Labute approximate surface area is 234 Å². The van der Waals surface area contributed by atoms with Gasteiger partial charge in [-0.2, -0.15) is 0 Å². The molecular weight excluding hydrogens is 520 g/mol. The van der Waals surface area contributed by atoms with Crippen LogP contribution in [0, 0.1) is 5.41 Å². The predicted octanol–water partition coefficient (Wildman–Crippen LogP) is -0.109. The van der Waals surface area contributed by atoms with Crippen LogP contribution >= 0.6 is 0 Å². The van der Waals surface area contributed by atoms with Crippen LogP contribution in [0.15, 0.2) is 24.3 Å². The van der Waals surface area contributed by atoms with Crippen LogP contribution in [0.3, 0.4) is 0 Å². The van der Waals surface area contributed by atoms with Crippen LogP contribution < -0.4 is 21.7 Å². The monoisotopic (exact) mass is 562 g/mol. The number of carbonyl (C=O) groups excluding carboxylic acids is 4. The van der Waals surface area contributed by atoms with E-state index in [1.807, 2.05) is 11.9 Å². The summed E-state index contributed by atoms with van der Waals surface area (Å²) in [4.78, 5) is 53.9. The zero-order valence-electron chi connectivity index (χ0n) is 23.2. The molecule has 1 aromatic carbocycles. The number of nitrogens with two attached hydrogens (primary N) is 1. The summed E-state index contributed by atoms with van der Waals surface area (Å²) < 4.78 is 5.12. The number of carbonyl (C=O) groups is 4. The number of hydrogen-bond donors (Lipinski definition) is 6. The Hall–Kier alpha value is -3.26. The number of aliphatic hydroxyl groups is 2. The molecule has 1 aliphatic heterocycles. The van der Waals surface area contributed by atoms with Gasteiger partial charge in [0.1, 0.15) is 23.8 Å². The molecule has 13 nitrogen and oxygen atoms in total. The summed E-state index contributed by atoms with van der Waals surface area (Å²) in [6.07, 6.45) is -0.250. The van der Waals surface area contributed by atoms with Crippen molar-refractivity contribution in [2.75, 3.05) is 51.7 Å². The number of rotatable bonds is 13. The van der Waals surface area contributed by atoms with Gasteiger partial charge in [-0.25, -0.2) is 4.79 Å². The van der Waals surface area contributed by atoms with Crippen LogP contribution in [-0.4, -0.2) is 102 Å². The number of nitrogens with one attached hydrogen (secondary N) is 3. The van der Waals surface area contributed by atoms with Crippen LogP contribution in [0.4, 0.5) is 10.5 Å². The number of ether oxygens (including phenoxy) is 1. The Morgan fingerprint density at radius 1 is 1.07 bits per heavy atom. The SMILES string of the molecule is CCOC(=O)C1(C(=O)N[C@@H](CCCNC(N)=O)C(=O)Nc2ccc(C(O)C(O)N3CCN(C)CC3)cc2)CCC1. The van der Waals surface area contributed by atoms with Crippen molar-refractivity contribution in [1.29, 1.82) is 0 Å². The van der Waals surface area contributed by atoms with Crippen LogP contribution in [0.25, 0.3) is 0 Å². The molecule has 1 aromatic rings. The summed E-state index contributed by atoms with van der Waals surface area (Å²) in [6, 6.07) is 4.76. The molecule has 3 rings (SSSR count). The fourth-order valence-electron chi connectivity index (χ4n) is 4.86. The van der Waals surface area contributed by atoms with E-state index in [1.54, 1.807) is 31.2 Å². The molecule has 1 heterocycles. The number of esters is 1. The number of urea groups is 1. The summed E-state index contributed by atoms with van der Waals surface area (Å²) in [5, 5.41) is 29.3. The molecule has 1 saturated carbocycles. The fourth-order valence-corrected chi connectivity index (χ4v) is 4.86. The number of hydrogen-bond acceptors (Lipinski definition) is 9. The Morgan fingerprint density at radius 2 is 1.73 bits per heavy atom. The molecule has 7 N–H and O–H groups in total. The average Bonchev–Trinajstić information content (AvgIpc) is 2.89. The van der Waals surface area contributed by atoms with Crippen LogP contribution in [0.2, 0.25) is 0 Å². The second-order valence-electron chi connectivity index (χ2n) is 10.4. The first kappa shape index (κ1) is 31.3. The van der Waals surface area contributed by atoms with Gasteiger partial charge in [0.15, 0.2) is 0 Å². The summed E-state index contributed by atoms with van der Waals surface area (Å²) in [5.41, 5.74) is 4.72. The Bertz CT molecular complexity index is 1020. The van der Waals surface area contributed by atoms with E-state index in [1.165, 1.54) is 0 Å². The molecule has 13 heteroatoms. The molecule has 0 bridgehead atoms. The molecule has 40 heavy (non-hydrogen) atoms. The van der Waals surface area contributed by atoms with Crippen LogP contribution in [0.5, 0.6) is 0 Å². The highest BCUT2D eigenvalue weighted by atomic mass is 16.5. The molecule has 1 saturated heterocycles. The van der Waals surface area contributed by atoms with Crippen molar-refractivity contribution in [2.45, 2.75) is 57.4 Å². The maximum absolute atomic E-state index is 13.2. The number of aliphatic hydroxyl groups excluding tert-OH is 2. The maximum Gasteiger partial charge on any atom is 0.321 e. The second-order valence-corrected chi connectivity index (χ2v) is 10.4. The maximum atomic E-state index is 13.2. The van der Waals surface area contributed by atoms with Crippen molar-refractivity contribution in [3.8, 4) is 0 Å². The van der Waals surface area contributed by atoms with E-state index in [-0.39, 0.29) is 19.6 Å². The topological polar surface area (TPSA) is 187 Å². The van der Waals surface area contributed by atoms with Crippen molar-refractivity contribution >= 4 is 29.5 Å². The van der Waals surface area contributed by atoms with Gasteiger partial charge in [0.25, 0.3) is 0 Å². The Kier molecular flexibility index (Phi) is 11.3. The smallest absolute Gasteiger partial charge is 0.321 e. The lowest BCUT2D eigenvalue weighted by Crippen LogP contribution is -2.56. The van der Waals surface area contributed by atoms with Crippen molar-refractivity contribution in [3.05, 3.63) is 29.8 Å². The molecule has 2 unspecified atom stereocenters. The minimum atomic E-state index is -1.30. The third-order valence-electron chi connectivity index (χ3n) is 7.61. The number of anilines is 1. The molecule has 3 atom stereocenters. The minimum absolute atomic E-state index is 0.146. The van der Waals surface area contributed by atoms with Crippen molar-refractivity contribution < 1.29 is 34.1 Å². The fraction of sp³-hybridized carbons (Fsp3) is 0.630. The minimum Gasteiger partial charge on any atom is -0.465 e. The third kappa shape index (κ3) is 7.90. The number of primary amides is 1. The normalized spacial score (nSPS) is 19.4. The molecular formula is C27H42N6O7. The van der Waals surface area contributed by atoms with Gasteiger partial charge in [0.05, 0.1) is 6.61 Å². The van der Waals surface area contributed by atoms with E-state index in [0.29, 0.717) is 50.0 Å². The van der Waals surface area contributed by atoms with E-state index >= 15 is 0 Å². The van der Waals surface area contributed by atoms with E-state index in [9.17, 15) is 29.4 Å². The molecule has 0 spiro atoms. The van der Waals surface area contributed by atoms with Crippen LogP contribution in [-0.2, 0) is 19.1 Å². The van der Waals surface area contributed by atoms with Crippen LogP contribution in [0.1, 0.15) is 50.7 Å². The number of amides is 4. The van der Waals surface area contributed by atoms with Crippen molar-refractivity contribution in [3.63, 3.8) is 0 Å². The van der Waals surface area contributed by atoms with Gasteiger partial charge in [-0.15, -0.1) is 0 Å². The van der Waals surface area contributed by atoms with Crippen molar-refractivity contribution in [2.24, 2.45) is 11.1 Å². The summed E-state index contributed by atoms with van der Waals surface area (Å²) in [7, 11) is 2.01. The third-order valence-corrected chi connectivity index (χ3v) is 7.61. The highest BCUT2D eigenvalue weighted by Crippen LogP contribution is 2.42. The standard InChI is InChI=1S/C27H42N6O7/c1-3-40-25(38)27(11-5-12-27)24(37)31-20(6-4-13-29-26(28)39)22(35)30-19-9-7-18(8-10-19)21(34)23(36)33-16-14-32(2)15-17-33/h7-10,20-21,23,34,36H,3-6,11-17H2,1-2H3,(H,30,35)(H,31,37)(H3,28,29,39)/t20-,21?,23?/m0/s1. The quantitative estimate of drug-likeness (QED) is 0.108. The zero-order chi connectivity index (χ0) is 29.3. The first-order valence-electron chi connectivity index (χ1n) is 13.8. The van der Waals surface area contributed by atoms with Gasteiger partial charge >= 0.3 is 12.0 Å². The van der Waals surface area contributed by atoms with E-state index in [2.05, 4.69) is 20.9 Å². The van der Waals surface area contributed by atoms with Gasteiger partial charge in [-0.05, 0) is 57.4 Å². The van der Waals surface area contributed by atoms with Gasteiger partial charge in [0.2, 0.25) is 11.8 Å². The average molecular weight is 563 g/mol. The summed E-state index contributed by atoms with van der Waals surface area (Å²) >= 11 is 0. The van der Waals surface area contributed by atoms with Gasteiger partial charge < -0.3 is 41.5 Å². The van der Waals surface area contributed by atoms with Gasteiger partial charge in [-0.3, -0.25) is 19.3 Å².